The molecule has 0 radical (unpaired) electrons. The molecule has 1 N–H and O–H groups in total. The Kier molecular flexibility index (Phi) is 4.87. The van der Waals surface area contributed by atoms with E-state index >= 15 is 0 Å². The largest absolute Gasteiger partial charge is 0.383 e. The highest BCUT2D eigenvalue weighted by atomic mass is 19.1. The number of rotatable bonds is 6. The maximum Gasteiger partial charge on any atom is 0.123 e. The molecule has 108 valence electrons. The van der Waals surface area contributed by atoms with Crippen molar-refractivity contribution in [3.05, 3.63) is 47.0 Å². The first-order chi connectivity index (χ1) is 9.63. The first kappa shape index (κ1) is 14.7. The number of halogens is 1. The van der Waals surface area contributed by atoms with E-state index in [9.17, 15) is 4.39 Å². The monoisotopic (exact) mass is 277 g/mol. The molecule has 2 rings (SSSR count). The summed E-state index contributed by atoms with van der Waals surface area (Å²) in [5.41, 5.74) is 3.97. The third kappa shape index (κ3) is 3.23. The first-order valence-corrected chi connectivity index (χ1v) is 6.63. The van der Waals surface area contributed by atoms with Gasteiger partial charge in [-0.05, 0) is 37.6 Å². The van der Waals surface area contributed by atoms with Gasteiger partial charge in [0.05, 0.1) is 18.5 Å². The molecule has 0 saturated heterocycles. The fourth-order valence-corrected chi connectivity index (χ4v) is 2.11. The summed E-state index contributed by atoms with van der Waals surface area (Å²) in [6.07, 6.45) is 1.85. The lowest BCUT2D eigenvalue weighted by molar-refractivity contribution is 0.199. The molecular formula is C15H20FN3O. The van der Waals surface area contributed by atoms with Crippen LogP contribution in [0.3, 0.4) is 0 Å². The van der Waals surface area contributed by atoms with Crippen molar-refractivity contribution in [1.82, 2.24) is 15.1 Å². The summed E-state index contributed by atoms with van der Waals surface area (Å²) in [5.74, 6) is -0.225. The van der Waals surface area contributed by atoms with Crippen molar-refractivity contribution in [2.24, 2.45) is 0 Å². The van der Waals surface area contributed by atoms with Gasteiger partial charge in [-0.3, -0.25) is 0 Å². The van der Waals surface area contributed by atoms with Crippen molar-refractivity contribution in [3.63, 3.8) is 0 Å². The number of hydrogen-bond acceptors (Lipinski definition) is 3. The van der Waals surface area contributed by atoms with Crippen LogP contribution in [0.4, 0.5) is 4.39 Å². The van der Waals surface area contributed by atoms with E-state index in [0.717, 1.165) is 35.6 Å². The number of ether oxygens (including phenoxy) is 1. The standard InChI is InChI=1S/C15H20FN3O/c1-11-8-14(16)4-5-15(11)19-12(2)13(10-18-19)9-17-6-7-20-3/h4-5,8,10,17H,6-7,9H2,1-3H3. The number of aromatic nitrogens is 2. The smallest absolute Gasteiger partial charge is 0.123 e. The lowest BCUT2D eigenvalue weighted by Crippen LogP contribution is -2.18. The zero-order valence-electron chi connectivity index (χ0n) is 12.1. The van der Waals surface area contributed by atoms with Crippen molar-refractivity contribution in [1.29, 1.82) is 0 Å². The van der Waals surface area contributed by atoms with Gasteiger partial charge in [0.1, 0.15) is 5.82 Å². The van der Waals surface area contributed by atoms with Gasteiger partial charge >= 0.3 is 0 Å². The Balaban J connectivity index is 2.15. The van der Waals surface area contributed by atoms with Gasteiger partial charge in [-0.15, -0.1) is 0 Å². The van der Waals surface area contributed by atoms with E-state index in [4.69, 9.17) is 4.74 Å². The Bertz CT molecular complexity index is 580. The fourth-order valence-electron chi connectivity index (χ4n) is 2.11. The summed E-state index contributed by atoms with van der Waals surface area (Å²) < 4.78 is 20.0. The maximum absolute atomic E-state index is 13.2. The second kappa shape index (κ2) is 6.63. The number of nitrogens with zero attached hydrogens (tertiary/aromatic N) is 2. The molecular weight excluding hydrogens is 257 g/mol. The Hall–Kier alpha value is -1.72. The molecule has 0 aliphatic rings. The molecule has 5 heteroatoms. The molecule has 0 fully saturated rings. The van der Waals surface area contributed by atoms with Crippen LogP contribution < -0.4 is 5.32 Å². The van der Waals surface area contributed by atoms with Crippen LogP contribution in [-0.2, 0) is 11.3 Å². The second-order valence-electron chi connectivity index (χ2n) is 4.77. The van der Waals surface area contributed by atoms with Gasteiger partial charge in [0.15, 0.2) is 0 Å². The molecule has 0 aliphatic heterocycles. The zero-order valence-corrected chi connectivity index (χ0v) is 12.1. The van der Waals surface area contributed by atoms with Crippen molar-refractivity contribution in [2.45, 2.75) is 20.4 Å². The third-order valence-corrected chi connectivity index (χ3v) is 3.30. The molecule has 1 aromatic carbocycles. The highest BCUT2D eigenvalue weighted by molar-refractivity contribution is 5.42. The molecule has 1 aromatic heterocycles. The Morgan fingerprint density at radius 1 is 1.35 bits per heavy atom. The molecule has 1 heterocycles. The van der Waals surface area contributed by atoms with Crippen LogP contribution in [0.2, 0.25) is 0 Å². The van der Waals surface area contributed by atoms with E-state index in [0.29, 0.717) is 6.61 Å². The van der Waals surface area contributed by atoms with E-state index in [2.05, 4.69) is 10.4 Å². The predicted octanol–water partition coefficient (Wildman–Crippen LogP) is 2.36. The Labute approximate surface area is 118 Å². The molecule has 0 atom stereocenters. The SMILES string of the molecule is COCCNCc1cnn(-c2ccc(F)cc2C)c1C. The topological polar surface area (TPSA) is 39.1 Å². The summed E-state index contributed by atoms with van der Waals surface area (Å²) in [6.45, 7) is 6.13. The number of nitrogens with one attached hydrogen (secondary N) is 1. The molecule has 0 unspecified atom stereocenters. The summed E-state index contributed by atoms with van der Waals surface area (Å²) in [4.78, 5) is 0. The average molecular weight is 277 g/mol. The van der Waals surface area contributed by atoms with Crippen molar-refractivity contribution >= 4 is 0 Å². The number of aryl methyl sites for hydroxylation is 1. The summed E-state index contributed by atoms with van der Waals surface area (Å²) >= 11 is 0. The maximum atomic E-state index is 13.2. The molecule has 0 spiro atoms. The predicted molar refractivity (Wildman–Crippen MR) is 76.6 cm³/mol. The van der Waals surface area contributed by atoms with Gasteiger partial charge in [-0.2, -0.15) is 5.10 Å². The van der Waals surface area contributed by atoms with Crippen molar-refractivity contribution in [3.8, 4) is 5.69 Å². The number of benzene rings is 1. The minimum Gasteiger partial charge on any atom is -0.383 e. The minimum atomic E-state index is -0.225. The Morgan fingerprint density at radius 3 is 2.85 bits per heavy atom. The van der Waals surface area contributed by atoms with Gasteiger partial charge in [0.25, 0.3) is 0 Å². The molecule has 0 aliphatic carbocycles. The van der Waals surface area contributed by atoms with Gasteiger partial charge in [0, 0.05) is 31.5 Å². The molecule has 0 bridgehead atoms. The van der Waals surface area contributed by atoms with Crippen LogP contribution in [0.1, 0.15) is 16.8 Å². The van der Waals surface area contributed by atoms with Gasteiger partial charge in [-0.1, -0.05) is 0 Å². The Morgan fingerprint density at radius 2 is 2.15 bits per heavy atom. The van der Waals surface area contributed by atoms with Gasteiger partial charge < -0.3 is 10.1 Å². The molecule has 0 amide bonds. The van der Waals surface area contributed by atoms with Crippen LogP contribution in [0, 0.1) is 19.7 Å². The van der Waals surface area contributed by atoms with Crippen LogP contribution in [-0.4, -0.2) is 30.0 Å². The van der Waals surface area contributed by atoms with Gasteiger partial charge in [-0.25, -0.2) is 9.07 Å². The molecule has 0 saturated carbocycles. The molecule has 4 nitrogen and oxygen atoms in total. The normalized spacial score (nSPS) is 11.0. The highest BCUT2D eigenvalue weighted by Gasteiger charge is 2.10. The minimum absolute atomic E-state index is 0.225. The lowest BCUT2D eigenvalue weighted by atomic mass is 10.2. The van der Waals surface area contributed by atoms with Crippen molar-refractivity contribution < 1.29 is 9.13 Å². The van der Waals surface area contributed by atoms with Crippen LogP contribution in [0.25, 0.3) is 5.69 Å². The first-order valence-electron chi connectivity index (χ1n) is 6.63. The zero-order chi connectivity index (χ0) is 14.5. The van der Waals surface area contributed by atoms with E-state index in [1.54, 1.807) is 13.2 Å². The highest BCUT2D eigenvalue weighted by Crippen LogP contribution is 2.18. The second-order valence-corrected chi connectivity index (χ2v) is 4.77. The van der Waals surface area contributed by atoms with E-state index < -0.39 is 0 Å². The fraction of sp³-hybridized carbons (Fsp3) is 0.400. The van der Waals surface area contributed by atoms with E-state index in [1.807, 2.05) is 24.7 Å². The third-order valence-electron chi connectivity index (χ3n) is 3.30. The van der Waals surface area contributed by atoms with E-state index in [1.165, 1.54) is 12.1 Å². The van der Waals surface area contributed by atoms with Crippen LogP contribution in [0.5, 0.6) is 0 Å². The summed E-state index contributed by atoms with van der Waals surface area (Å²) in [7, 11) is 1.68. The molecule has 2 aromatic rings. The van der Waals surface area contributed by atoms with Crippen LogP contribution >= 0.6 is 0 Å². The molecule has 20 heavy (non-hydrogen) atoms. The quantitative estimate of drug-likeness (QED) is 0.824. The number of methoxy groups -OCH3 is 1. The van der Waals surface area contributed by atoms with Gasteiger partial charge in [0.2, 0.25) is 0 Å². The summed E-state index contributed by atoms with van der Waals surface area (Å²) in [5, 5.41) is 7.69. The van der Waals surface area contributed by atoms with Crippen LogP contribution in [0.15, 0.2) is 24.4 Å². The average Bonchev–Trinajstić information content (AvgIpc) is 2.77. The summed E-state index contributed by atoms with van der Waals surface area (Å²) in [6, 6.07) is 4.74. The van der Waals surface area contributed by atoms with Crippen molar-refractivity contribution in [2.75, 3.05) is 20.3 Å². The number of hydrogen-bond donors (Lipinski definition) is 1. The van der Waals surface area contributed by atoms with E-state index in [-0.39, 0.29) is 5.82 Å². The lowest BCUT2D eigenvalue weighted by Gasteiger charge is -2.09.